The molecule has 0 aliphatic heterocycles. The van der Waals surface area contributed by atoms with Gasteiger partial charge in [-0.3, -0.25) is 4.79 Å². The third kappa shape index (κ3) is 5.48. The molecule has 0 atom stereocenters. The predicted molar refractivity (Wildman–Crippen MR) is 126 cm³/mol. The van der Waals surface area contributed by atoms with Gasteiger partial charge in [-0.05, 0) is 12.1 Å². The van der Waals surface area contributed by atoms with Crippen molar-refractivity contribution < 1.29 is 4.79 Å². The third-order valence-corrected chi connectivity index (χ3v) is 5.64. The van der Waals surface area contributed by atoms with Gasteiger partial charge in [-0.2, -0.15) is 0 Å². The second-order valence-corrected chi connectivity index (χ2v) is 8.12. The van der Waals surface area contributed by atoms with E-state index in [9.17, 15) is 4.79 Å². The summed E-state index contributed by atoms with van der Waals surface area (Å²) in [5, 5.41) is 12.6. The Hall–Kier alpha value is -3.22. The molecule has 3 aromatic carbocycles. The zero-order valence-electron chi connectivity index (χ0n) is 16.5. The summed E-state index contributed by atoms with van der Waals surface area (Å²) in [4.78, 5) is 17.0. The number of nitrogens with one attached hydrogen (secondary N) is 1. The van der Waals surface area contributed by atoms with Crippen molar-refractivity contribution in [3.8, 4) is 22.5 Å². The fourth-order valence-corrected chi connectivity index (χ4v) is 3.88. The first kappa shape index (κ1) is 21.0. The number of carbonyl (C=O) groups is 1. The fraction of sp³-hybridized carbons (Fsp3) is 0.0833. The Morgan fingerprint density at radius 3 is 2.10 bits per heavy atom. The number of para-hydroxylation sites is 1. The van der Waals surface area contributed by atoms with Gasteiger partial charge in [0.2, 0.25) is 11.1 Å². The van der Waals surface area contributed by atoms with Crippen LogP contribution in [0.1, 0.15) is 6.42 Å². The molecule has 1 amide bonds. The minimum atomic E-state index is -0.113. The van der Waals surface area contributed by atoms with E-state index in [4.69, 9.17) is 16.6 Å². The molecule has 0 unspecified atom stereocenters. The predicted octanol–water partition coefficient (Wildman–Crippen LogP) is 5.98. The Morgan fingerprint density at radius 1 is 0.806 bits per heavy atom. The molecule has 0 spiro atoms. The number of hydrogen-bond acceptors (Lipinski definition) is 5. The average Bonchev–Trinajstić information content (AvgIpc) is 2.82. The van der Waals surface area contributed by atoms with E-state index in [-0.39, 0.29) is 5.91 Å². The molecule has 31 heavy (non-hydrogen) atoms. The van der Waals surface area contributed by atoms with Crippen molar-refractivity contribution in [1.29, 1.82) is 0 Å². The van der Waals surface area contributed by atoms with Gasteiger partial charge < -0.3 is 5.32 Å². The van der Waals surface area contributed by atoms with Crippen LogP contribution in [0.3, 0.4) is 0 Å². The topological polar surface area (TPSA) is 67.8 Å². The number of rotatable bonds is 7. The molecule has 154 valence electrons. The molecule has 1 heterocycles. The summed E-state index contributed by atoms with van der Waals surface area (Å²) in [5.74, 6) is 0.411. The van der Waals surface area contributed by atoms with Gasteiger partial charge in [0.1, 0.15) is 11.4 Å². The third-order valence-electron chi connectivity index (χ3n) is 4.47. The smallest absolute Gasteiger partial charge is 0.225 e. The van der Waals surface area contributed by atoms with Gasteiger partial charge in [-0.15, -0.1) is 10.2 Å². The van der Waals surface area contributed by atoms with Crippen LogP contribution in [0.4, 0.5) is 5.69 Å². The molecule has 0 aliphatic rings. The molecule has 0 fully saturated rings. The normalized spacial score (nSPS) is 10.6. The van der Waals surface area contributed by atoms with Gasteiger partial charge in [0, 0.05) is 23.3 Å². The van der Waals surface area contributed by atoms with Crippen molar-refractivity contribution in [2.75, 3.05) is 11.1 Å². The number of carbonyl (C=O) groups excluding carboxylic acids is 1. The number of anilines is 1. The van der Waals surface area contributed by atoms with E-state index in [1.165, 1.54) is 11.8 Å². The number of nitrogens with zero attached hydrogens (tertiary/aromatic N) is 3. The van der Waals surface area contributed by atoms with Crippen LogP contribution in [-0.4, -0.2) is 26.8 Å². The summed E-state index contributed by atoms with van der Waals surface area (Å²) in [6.45, 7) is 0. The van der Waals surface area contributed by atoms with E-state index in [2.05, 4.69) is 15.5 Å². The van der Waals surface area contributed by atoms with Crippen LogP contribution in [0.2, 0.25) is 5.02 Å². The fourth-order valence-electron chi connectivity index (χ4n) is 2.97. The highest BCUT2D eigenvalue weighted by atomic mass is 35.5. The van der Waals surface area contributed by atoms with E-state index in [0.29, 0.717) is 28.0 Å². The molecule has 1 N–H and O–H groups in total. The van der Waals surface area contributed by atoms with Gasteiger partial charge in [-0.1, -0.05) is 96.2 Å². The molecular formula is C24H19ClN4OS. The molecule has 0 saturated carbocycles. The monoisotopic (exact) mass is 446 g/mol. The van der Waals surface area contributed by atoms with Crippen molar-refractivity contribution in [3.05, 3.63) is 90.0 Å². The highest BCUT2D eigenvalue weighted by Gasteiger charge is 2.14. The van der Waals surface area contributed by atoms with E-state index in [1.54, 1.807) is 12.1 Å². The highest BCUT2D eigenvalue weighted by Crippen LogP contribution is 2.29. The van der Waals surface area contributed by atoms with Crippen LogP contribution in [-0.2, 0) is 4.79 Å². The van der Waals surface area contributed by atoms with Crippen molar-refractivity contribution in [2.24, 2.45) is 0 Å². The van der Waals surface area contributed by atoms with Crippen LogP contribution < -0.4 is 5.32 Å². The zero-order chi connectivity index (χ0) is 21.5. The van der Waals surface area contributed by atoms with Gasteiger partial charge in [0.05, 0.1) is 10.7 Å². The number of benzene rings is 3. The van der Waals surface area contributed by atoms with Crippen molar-refractivity contribution in [2.45, 2.75) is 11.6 Å². The number of thioether (sulfide) groups is 1. The van der Waals surface area contributed by atoms with E-state index >= 15 is 0 Å². The number of hydrogen-bond donors (Lipinski definition) is 1. The number of aromatic nitrogens is 3. The maximum atomic E-state index is 12.2. The van der Waals surface area contributed by atoms with Gasteiger partial charge >= 0.3 is 0 Å². The molecule has 0 bridgehead atoms. The minimum Gasteiger partial charge on any atom is -0.325 e. The van der Waals surface area contributed by atoms with Crippen LogP contribution in [0.15, 0.2) is 90.1 Å². The molecule has 1 aromatic heterocycles. The SMILES string of the molecule is O=C(CCSc1nnc(-c2ccccc2)c(-c2ccccc2)n1)Nc1ccccc1Cl. The van der Waals surface area contributed by atoms with Gasteiger partial charge in [0.15, 0.2) is 0 Å². The summed E-state index contributed by atoms with van der Waals surface area (Å²) >= 11 is 7.49. The lowest BCUT2D eigenvalue weighted by Gasteiger charge is -2.09. The molecule has 0 aliphatic carbocycles. The Kier molecular flexibility index (Phi) is 6.92. The highest BCUT2D eigenvalue weighted by molar-refractivity contribution is 7.99. The van der Waals surface area contributed by atoms with E-state index < -0.39 is 0 Å². The minimum absolute atomic E-state index is 0.113. The largest absolute Gasteiger partial charge is 0.325 e. The maximum Gasteiger partial charge on any atom is 0.225 e. The molecule has 4 aromatic rings. The lowest BCUT2D eigenvalue weighted by Crippen LogP contribution is -2.12. The second kappa shape index (κ2) is 10.2. The van der Waals surface area contributed by atoms with Crippen LogP contribution in [0.25, 0.3) is 22.5 Å². The van der Waals surface area contributed by atoms with E-state index in [0.717, 1.165) is 22.5 Å². The van der Waals surface area contributed by atoms with Crippen LogP contribution >= 0.6 is 23.4 Å². The Labute approximate surface area is 189 Å². The second-order valence-electron chi connectivity index (χ2n) is 6.65. The van der Waals surface area contributed by atoms with Crippen molar-refractivity contribution in [3.63, 3.8) is 0 Å². The molecule has 4 rings (SSSR count). The Bertz CT molecular complexity index is 1170. The molecule has 5 nitrogen and oxygen atoms in total. The lowest BCUT2D eigenvalue weighted by molar-refractivity contribution is -0.115. The quantitative estimate of drug-likeness (QED) is 0.353. The first-order chi connectivity index (χ1) is 15.2. The molecule has 0 radical (unpaired) electrons. The van der Waals surface area contributed by atoms with Crippen molar-refractivity contribution >= 4 is 35.0 Å². The Morgan fingerprint density at radius 2 is 1.42 bits per heavy atom. The average molecular weight is 447 g/mol. The van der Waals surface area contributed by atoms with Gasteiger partial charge in [0.25, 0.3) is 0 Å². The Balaban J connectivity index is 1.48. The first-order valence-electron chi connectivity index (χ1n) is 9.73. The summed E-state index contributed by atoms with van der Waals surface area (Å²) in [6.07, 6.45) is 0.306. The van der Waals surface area contributed by atoms with Gasteiger partial charge in [-0.25, -0.2) is 4.98 Å². The standard InChI is InChI=1S/C24H19ClN4OS/c25-19-13-7-8-14-20(19)26-21(30)15-16-31-24-27-22(17-9-3-1-4-10-17)23(28-29-24)18-11-5-2-6-12-18/h1-14H,15-16H2,(H,26,30). The summed E-state index contributed by atoms with van der Waals surface area (Å²) in [5.41, 5.74) is 4.03. The number of amides is 1. The summed E-state index contributed by atoms with van der Waals surface area (Å²) < 4.78 is 0. The first-order valence-corrected chi connectivity index (χ1v) is 11.1. The zero-order valence-corrected chi connectivity index (χ0v) is 18.1. The maximum absolute atomic E-state index is 12.2. The van der Waals surface area contributed by atoms with Crippen molar-refractivity contribution in [1.82, 2.24) is 15.2 Å². The summed E-state index contributed by atoms with van der Waals surface area (Å²) in [6, 6.07) is 26.9. The van der Waals surface area contributed by atoms with Crippen LogP contribution in [0.5, 0.6) is 0 Å². The summed E-state index contributed by atoms with van der Waals surface area (Å²) in [7, 11) is 0. The van der Waals surface area contributed by atoms with Crippen LogP contribution in [0, 0.1) is 0 Å². The number of halogens is 1. The lowest BCUT2D eigenvalue weighted by atomic mass is 10.0. The molecule has 0 saturated heterocycles. The van der Waals surface area contributed by atoms with E-state index in [1.807, 2.05) is 72.8 Å². The molecule has 7 heteroatoms. The molecular weight excluding hydrogens is 428 g/mol.